The van der Waals surface area contributed by atoms with Crippen molar-refractivity contribution in [1.82, 2.24) is 0 Å². The molecule has 6 heteroatoms. The van der Waals surface area contributed by atoms with Gasteiger partial charge < -0.3 is 14.2 Å². The van der Waals surface area contributed by atoms with Gasteiger partial charge in [-0.2, -0.15) is 0 Å². The Labute approximate surface area is 414 Å². The van der Waals surface area contributed by atoms with Crippen molar-refractivity contribution in [3.8, 4) is 0 Å². The monoisotopic (exact) mass is 935 g/mol. The van der Waals surface area contributed by atoms with Crippen LogP contribution in [0.3, 0.4) is 0 Å². The Hall–Kier alpha value is -3.15. The molecule has 0 heterocycles. The summed E-state index contributed by atoms with van der Waals surface area (Å²) in [5, 5.41) is 0. The van der Waals surface area contributed by atoms with Crippen LogP contribution in [0.25, 0.3) is 0 Å². The molecule has 0 amide bonds. The van der Waals surface area contributed by atoms with Crippen molar-refractivity contribution in [2.45, 2.75) is 284 Å². The summed E-state index contributed by atoms with van der Waals surface area (Å²) in [6.07, 6.45) is 70.3. The van der Waals surface area contributed by atoms with Crippen molar-refractivity contribution >= 4 is 17.9 Å². The number of unbranched alkanes of at least 4 members (excludes halogenated alkanes) is 28. The van der Waals surface area contributed by atoms with Crippen LogP contribution in [-0.2, 0) is 28.6 Å². The molecule has 1 atom stereocenters. The van der Waals surface area contributed by atoms with Crippen molar-refractivity contribution in [2.75, 3.05) is 13.2 Å². The SMILES string of the molecule is CC/C=C\C/C=C\C/C=C\C/C=C\C/C=C\CCCCCC(=O)OC[C@@H](COC(=O)CCCCCCC/C=C\CCCCC)OC(=O)CCCCCCCCCCCCCCCCCCCC. The van der Waals surface area contributed by atoms with Crippen LogP contribution >= 0.6 is 0 Å². The first-order chi connectivity index (χ1) is 33.0. The maximum Gasteiger partial charge on any atom is 0.306 e. The lowest BCUT2D eigenvalue weighted by Gasteiger charge is -2.18. The van der Waals surface area contributed by atoms with Crippen molar-refractivity contribution in [3.05, 3.63) is 72.9 Å². The van der Waals surface area contributed by atoms with Gasteiger partial charge in [-0.25, -0.2) is 0 Å². The van der Waals surface area contributed by atoms with E-state index < -0.39 is 6.10 Å². The Morgan fingerprint density at radius 1 is 0.313 bits per heavy atom. The van der Waals surface area contributed by atoms with E-state index in [-0.39, 0.29) is 31.1 Å². The summed E-state index contributed by atoms with van der Waals surface area (Å²) in [4.78, 5) is 38.1. The number of carbonyl (C=O) groups is 3. The highest BCUT2D eigenvalue weighted by Gasteiger charge is 2.19. The van der Waals surface area contributed by atoms with E-state index >= 15 is 0 Å². The number of ether oxygens (including phenoxy) is 3. The molecule has 0 aromatic carbocycles. The number of allylic oxidation sites excluding steroid dienone is 12. The molecule has 0 N–H and O–H groups in total. The van der Waals surface area contributed by atoms with Crippen LogP contribution in [0, 0.1) is 0 Å². The fourth-order valence-corrected chi connectivity index (χ4v) is 7.93. The molecule has 0 bridgehead atoms. The van der Waals surface area contributed by atoms with Crippen LogP contribution < -0.4 is 0 Å². The normalized spacial score (nSPS) is 12.6. The van der Waals surface area contributed by atoms with Crippen LogP contribution in [-0.4, -0.2) is 37.2 Å². The zero-order valence-electron chi connectivity index (χ0n) is 44.2. The van der Waals surface area contributed by atoms with Crippen LogP contribution in [0.2, 0.25) is 0 Å². The lowest BCUT2D eigenvalue weighted by atomic mass is 10.0. The van der Waals surface area contributed by atoms with Crippen LogP contribution in [0.5, 0.6) is 0 Å². The maximum absolute atomic E-state index is 12.8. The Morgan fingerprint density at radius 2 is 0.582 bits per heavy atom. The topological polar surface area (TPSA) is 78.9 Å². The largest absolute Gasteiger partial charge is 0.462 e. The van der Waals surface area contributed by atoms with E-state index in [1.807, 2.05) is 0 Å². The molecule has 0 unspecified atom stereocenters. The van der Waals surface area contributed by atoms with E-state index in [0.29, 0.717) is 19.3 Å². The average molecular weight is 936 g/mol. The van der Waals surface area contributed by atoms with Crippen LogP contribution in [0.4, 0.5) is 0 Å². The highest BCUT2D eigenvalue weighted by molar-refractivity contribution is 5.71. The molecule has 0 saturated heterocycles. The molecular weight excluding hydrogens is 829 g/mol. The number of esters is 3. The Morgan fingerprint density at radius 3 is 0.970 bits per heavy atom. The zero-order valence-corrected chi connectivity index (χ0v) is 44.2. The molecule has 0 aliphatic heterocycles. The summed E-state index contributed by atoms with van der Waals surface area (Å²) in [5.41, 5.74) is 0. The van der Waals surface area contributed by atoms with Gasteiger partial charge in [0.05, 0.1) is 0 Å². The van der Waals surface area contributed by atoms with Gasteiger partial charge in [0.25, 0.3) is 0 Å². The lowest BCUT2D eigenvalue weighted by molar-refractivity contribution is -0.167. The van der Waals surface area contributed by atoms with E-state index in [1.165, 1.54) is 135 Å². The smallest absolute Gasteiger partial charge is 0.306 e. The molecule has 6 nitrogen and oxygen atoms in total. The fraction of sp³-hybridized carbons (Fsp3) is 0.754. The minimum atomic E-state index is -0.790. The zero-order chi connectivity index (χ0) is 48.6. The van der Waals surface area contributed by atoms with Gasteiger partial charge in [0.2, 0.25) is 0 Å². The highest BCUT2D eigenvalue weighted by Crippen LogP contribution is 2.16. The Kier molecular flexibility index (Phi) is 52.8. The maximum atomic E-state index is 12.8. The second kappa shape index (κ2) is 55.4. The predicted molar refractivity (Wildman–Crippen MR) is 288 cm³/mol. The molecule has 386 valence electrons. The standard InChI is InChI=1S/C61H106O6/c1-4-7-10-13-16-19-22-25-27-29-31-33-34-36-39-42-45-48-51-54-60(63)66-57-58(56-65-59(62)53-50-47-44-41-38-24-21-18-15-12-9-6-3)67-61(64)55-52-49-46-43-40-37-35-32-30-28-26-23-20-17-14-11-8-5-2/h7,10,16,18-19,21,25,27,31,33,36,39,58H,4-6,8-9,11-15,17,20,22-24,26,28-30,32,34-35,37-38,40-57H2,1-3H3/b10-7-,19-16-,21-18-,27-25-,33-31-,39-36-/t58-/m1/s1. The third-order valence-electron chi connectivity index (χ3n) is 12.2. The third kappa shape index (κ3) is 53.7. The molecule has 0 spiro atoms. The van der Waals surface area contributed by atoms with Gasteiger partial charge in [-0.3, -0.25) is 14.4 Å². The average Bonchev–Trinajstić information content (AvgIpc) is 3.33. The summed E-state index contributed by atoms with van der Waals surface area (Å²) in [5.74, 6) is -0.921. The molecule has 0 aromatic rings. The first-order valence-corrected chi connectivity index (χ1v) is 28.4. The van der Waals surface area contributed by atoms with Crippen molar-refractivity contribution in [3.63, 3.8) is 0 Å². The van der Waals surface area contributed by atoms with Crippen LogP contribution in [0.15, 0.2) is 72.9 Å². The van der Waals surface area contributed by atoms with Gasteiger partial charge in [-0.05, 0) is 89.9 Å². The van der Waals surface area contributed by atoms with Crippen molar-refractivity contribution in [2.24, 2.45) is 0 Å². The summed E-state index contributed by atoms with van der Waals surface area (Å²) in [6, 6.07) is 0. The number of carbonyl (C=O) groups excluding carboxylic acids is 3. The molecule has 0 saturated carbocycles. The minimum Gasteiger partial charge on any atom is -0.462 e. The summed E-state index contributed by atoms with van der Waals surface area (Å²) in [6.45, 7) is 6.49. The number of hydrogen-bond donors (Lipinski definition) is 0. The molecule has 67 heavy (non-hydrogen) atoms. The van der Waals surface area contributed by atoms with Gasteiger partial charge in [-0.1, -0.05) is 241 Å². The lowest BCUT2D eigenvalue weighted by Crippen LogP contribution is -2.30. The second-order valence-electron chi connectivity index (χ2n) is 18.8. The van der Waals surface area contributed by atoms with Gasteiger partial charge in [-0.15, -0.1) is 0 Å². The van der Waals surface area contributed by atoms with Crippen molar-refractivity contribution in [1.29, 1.82) is 0 Å². The predicted octanol–water partition coefficient (Wildman–Crippen LogP) is 19.0. The second-order valence-corrected chi connectivity index (χ2v) is 18.8. The Balaban J connectivity index is 4.40. The molecule has 0 aliphatic rings. The van der Waals surface area contributed by atoms with E-state index in [4.69, 9.17) is 14.2 Å². The minimum absolute atomic E-state index is 0.0885. The van der Waals surface area contributed by atoms with Crippen molar-refractivity contribution < 1.29 is 28.6 Å². The van der Waals surface area contributed by atoms with Gasteiger partial charge in [0.1, 0.15) is 13.2 Å². The number of rotatable bonds is 51. The summed E-state index contributed by atoms with van der Waals surface area (Å²) >= 11 is 0. The van der Waals surface area contributed by atoms with E-state index in [0.717, 1.165) is 103 Å². The number of hydrogen-bond acceptors (Lipinski definition) is 6. The van der Waals surface area contributed by atoms with Gasteiger partial charge in [0.15, 0.2) is 6.10 Å². The molecule has 0 aliphatic carbocycles. The van der Waals surface area contributed by atoms with E-state index in [2.05, 4.69) is 93.7 Å². The fourth-order valence-electron chi connectivity index (χ4n) is 7.93. The van der Waals surface area contributed by atoms with E-state index in [1.54, 1.807) is 0 Å². The first-order valence-electron chi connectivity index (χ1n) is 28.4. The highest BCUT2D eigenvalue weighted by atomic mass is 16.6. The molecular formula is C61H106O6. The van der Waals surface area contributed by atoms with Crippen LogP contribution in [0.1, 0.15) is 278 Å². The summed E-state index contributed by atoms with van der Waals surface area (Å²) in [7, 11) is 0. The Bertz CT molecular complexity index is 1260. The summed E-state index contributed by atoms with van der Waals surface area (Å²) < 4.78 is 16.8. The third-order valence-corrected chi connectivity index (χ3v) is 12.2. The first kappa shape index (κ1) is 63.8. The molecule has 0 rings (SSSR count). The molecule has 0 aromatic heterocycles. The molecule has 0 radical (unpaired) electrons. The van der Waals surface area contributed by atoms with E-state index in [9.17, 15) is 14.4 Å². The quantitative estimate of drug-likeness (QED) is 0.0262. The van der Waals surface area contributed by atoms with Gasteiger partial charge in [0, 0.05) is 19.3 Å². The van der Waals surface area contributed by atoms with Gasteiger partial charge >= 0.3 is 17.9 Å². The molecule has 0 fully saturated rings.